The standard InChI is InChI=1S/C26H33ClN2O2S/c1-3-24(26(31)28-23-9-4-5-10-23)29(16-20-13-11-19(2)12-14-20)25(30)18-32-17-21-7-6-8-22(27)15-21/h6-8,11-15,23-24H,3-5,9-10,16-18H2,1-2H3,(H,28,31)/t24-/m0/s1. The molecule has 1 saturated carbocycles. The molecule has 2 amide bonds. The Morgan fingerprint density at radius 1 is 1.12 bits per heavy atom. The van der Waals surface area contributed by atoms with Crippen molar-refractivity contribution in [3.05, 3.63) is 70.2 Å². The second-order valence-electron chi connectivity index (χ2n) is 8.54. The molecule has 172 valence electrons. The molecule has 1 aliphatic carbocycles. The highest BCUT2D eigenvalue weighted by Gasteiger charge is 2.30. The smallest absolute Gasteiger partial charge is 0.243 e. The molecule has 1 atom stereocenters. The first kappa shape index (κ1) is 24.7. The average Bonchev–Trinajstić information content (AvgIpc) is 3.28. The molecular formula is C26H33ClN2O2S. The number of hydrogen-bond donors (Lipinski definition) is 1. The van der Waals surface area contributed by atoms with E-state index in [1.807, 2.05) is 62.4 Å². The van der Waals surface area contributed by atoms with E-state index < -0.39 is 6.04 Å². The second-order valence-corrected chi connectivity index (χ2v) is 9.97. The van der Waals surface area contributed by atoms with Crippen molar-refractivity contribution >= 4 is 35.2 Å². The van der Waals surface area contributed by atoms with Crippen LogP contribution in [0.5, 0.6) is 0 Å². The van der Waals surface area contributed by atoms with Crippen LogP contribution in [-0.4, -0.2) is 34.6 Å². The van der Waals surface area contributed by atoms with Crippen molar-refractivity contribution in [2.75, 3.05) is 5.75 Å². The van der Waals surface area contributed by atoms with Gasteiger partial charge < -0.3 is 10.2 Å². The van der Waals surface area contributed by atoms with Gasteiger partial charge in [0.05, 0.1) is 5.75 Å². The van der Waals surface area contributed by atoms with Crippen LogP contribution in [-0.2, 0) is 21.9 Å². The summed E-state index contributed by atoms with van der Waals surface area (Å²) >= 11 is 7.63. The highest BCUT2D eigenvalue weighted by Crippen LogP contribution is 2.21. The van der Waals surface area contributed by atoms with Gasteiger partial charge in [-0.25, -0.2) is 0 Å². The van der Waals surface area contributed by atoms with E-state index in [9.17, 15) is 9.59 Å². The second kappa shape index (κ2) is 12.3. The number of nitrogens with one attached hydrogen (secondary N) is 1. The van der Waals surface area contributed by atoms with Crippen molar-refractivity contribution < 1.29 is 9.59 Å². The van der Waals surface area contributed by atoms with Gasteiger partial charge in [0.25, 0.3) is 0 Å². The van der Waals surface area contributed by atoms with Crippen molar-refractivity contribution in [1.29, 1.82) is 0 Å². The summed E-state index contributed by atoms with van der Waals surface area (Å²) < 4.78 is 0. The highest BCUT2D eigenvalue weighted by atomic mass is 35.5. The van der Waals surface area contributed by atoms with E-state index >= 15 is 0 Å². The van der Waals surface area contributed by atoms with Crippen LogP contribution in [0.3, 0.4) is 0 Å². The first-order chi connectivity index (χ1) is 15.5. The summed E-state index contributed by atoms with van der Waals surface area (Å²) in [5, 5.41) is 3.89. The van der Waals surface area contributed by atoms with Gasteiger partial charge in [0.2, 0.25) is 11.8 Å². The molecule has 2 aromatic rings. The number of hydrogen-bond acceptors (Lipinski definition) is 3. The number of halogens is 1. The lowest BCUT2D eigenvalue weighted by Crippen LogP contribution is -2.51. The van der Waals surface area contributed by atoms with Gasteiger partial charge in [-0.2, -0.15) is 0 Å². The Morgan fingerprint density at radius 2 is 1.84 bits per heavy atom. The normalized spacial score (nSPS) is 14.8. The van der Waals surface area contributed by atoms with Crippen LogP contribution in [0, 0.1) is 6.92 Å². The van der Waals surface area contributed by atoms with Crippen LogP contribution in [0.15, 0.2) is 48.5 Å². The van der Waals surface area contributed by atoms with E-state index in [0.717, 1.165) is 36.8 Å². The minimum atomic E-state index is -0.462. The molecule has 3 rings (SSSR count). The Kier molecular flexibility index (Phi) is 9.49. The van der Waals surface area contributed by atoms with Gasteiger partial charge in [0.1, 0.15) is 6.04 Å². The molecule has 0 bridgehead atoms. The summed E-state index contributed by atoms with van der Waals surface area (Å²) in [6.45, 7) is 4.46. The Bertz CT molecular complexity index is 897. The maximum Gasteiger partial charge on any atom is 0.243 e. The zero-order valence-corrected chi connectivity index (χ0v) is 20.6. The third-order valence-electron chi connectivity index (χ3n) is 5.94. The maximum absolute atomic E-state index is 13.3. The van der Waals surface area contributed by atoms with Crippen molar-refractivity contribution in [3.63, 3.8) is 0 Å². The fourth-order valence-corrected chi connectivity index (χ4v) is 5.21. The van der Waals surface area contributed by atoms with E-state index in [4.69, 9.17) is 11.6 Å². The molecule has 0 saturated heterocycles. The van der Waals surface area contributed by atoms with Crippen LogP contribution >= 0.6 is 23.4 Å². The summed E-state index contributed by atoms with van der Waals surface area (Å²) in [6.07, 6.45) is 4.98. The lowest BCUT2D eigenvalue weighted by molar-refractivity contribution is -0.139. The lowest BCUT2D eigenvalue weighted by Gasteiger charge is -2.31. The van der Waals surface area contributed by atoms with Crippen molar-refractivity contribution in [2.24, 2.45) is 0 Å². The van der Waals surface area contributed by atoms with Crippen molar-refractivity contribution in [3.8, 4) is 0 Å². The van der Waals surface area contributed by atoms with E-state index in [1.165, 1.54) is 5.56 Å². The Hall–Kier alpha value is -1.98. The lowest BCUT2D eigenvalue weighted by atomic mass is 10.1. The van der Waals surface area contributed by atoms with Gasteiger partial charge in [0, 0.05) is 23.4 Å². The van der Waals surface area contributed by atoms with E-state index in [2.05, 4.69) is 5.32 Å². The Balaban J connectivity index is 1.69. The molecule has 0 unspecified atom stereocenters. The number of benzene rings is 2. The molecule has 4 nitrogen and oxygen atoms in total. The molecule has 1 aliphatic rings. The number of aryl methyl sites for hydroxylation is 1. The molecule has 0 spiro atoms. The molecule has 2 aromatic carbocycles. The first-order valence-electron chi connectivity index (χ1n) is 11.4. The van der Waals surface area contributed by atoms with Gasteiger partial charge in [-0.3, -0.25) is 9.59 Å². The summed E-state index contributed by atoms with van der Waals surface area (Å²) in [5.74, 6) is 0.993. The van der Waals surface area contributed by atoms with E-state index in [-0.39, 0.29) is 17.9 Å². The number of thioether (sulfide) groups is 1. The molecule has 0 heterocycles. The van der Waals surface area contributed by atoms with Crippen molar-refractivity contribution in [2.45, 2.75) is 70.3 Å². The minimum absolute atomic E-state index is 0.00831. The Labute approximate surface area is 201 Å². The van der Waals surface area contributed by atoms with Crippen molar-refractivity contribution in [1.82, 2.24) is 10.2 Å². The zero-order valence-electron chi connectivity index (χ0n) is 19.0. The molecule has 1 fully saturated rings. The SMILES string of the molecule is CC[C@@H](C(=O)NC1CCCC1)N(Cc1ccc(C)cc1)C(=O)CSCc1cccc(Cl)c1. The summed E-state index contributed by atoms with van der Waals surface area (Å²) in [7, 11) is 0. The first-order valence-corrected chi connectivity index (χ1v) is 13.0. The van der Waals surface area contributed by atoms with Gasteiger partial charge in [-0.15, -0.1) is 11.8 Å². The highest BCUT2D eigenvalue weighted by molar-refractivity contribution is 7.99. The fourth-order valence-electron chi connectivity index (χ4n) is 4.14. The number of carbonyl (C=O) groups is 2. The largest absolute Gasteiger partial charge is 0.352 e. The number of rotatable bonds is 10. The molecule has 6 heteroatoms. The molecule has 32 heavy (non-hydrogen) atoms. The molecule has 0 aliphatic heterocycles. The molecular weight excluding hydrogens is 440 g/mol. The summed E-state index contributed by atoms with van der Waals surface area (Å²) in [5.41, 5.74) is 3.30. The van der Waals surface area contributed by atoms with Crippen LogP contribution in [0.2, 0.25) is 5.02 Å². The quantitative estimate of drug-likeness (QED) is 0.479. The summed E-state index contributed by atoms with van der Waals surface area (Å²) in [6, 6.07) is 15.7. The molecule has 0 radical (unpaired) electrons. The number of carbonyl (C=O) groups excluding carboxylic acids is 2. The van der Waals surface area contributed by atoms with Crippen LogP contribution < -0.4 is 5.32 Å². The minimum Gasteiger partial charge on any atom is -0.352 e. The van der Waals surface area contributed by atoms with Crippen LogP contribution in [0.4, 0.5) is 0 Å². The van der Waals surface area contributed by atoms with E-state index in [1.54, 1.807) is 16.7 Å². The van der Waals surface area contributed by atoms with Gasteiger partial charge in [-0.05, 0) is 49.4 Å². The zero-order chi connectivity index (χ0) is 22.9. The van der Waals surface area contributed by atoms with Gasteiger partial charge in [0.15, 0.2) is 0 Å². The Morgan fingerprint density at radius 3 is 2.50 bits per heavy atom. The van der Waals surface area contributed by atoms with Crippen LogP contribution in [0.25, 0.3) is 0 Å². The van der Waals surface area contributed by atoms with E-state index in [0.29, 0.717) is 29.5 Å². The maximum atomic E-state index is 13.3. The fraction of sp³-hybridized carbons (Fsp3) is 0.462. The third kappa shape index (κ3) is 7.28. The van der Waals surface area contributed by atoms with Crippen LogP contribution in [0.1, 0.15) is 55.7 Å². The van der Waals surface area contributed by atoms with Gasteiger partial charge in [-0.1, -0.05) is 73.3 Å². The number of amides is 2. The monoisotopic (exact) mass is 472 g/mol. The summed E-state index contributed by atoms with van der Waals surface area (Å²) in [4.78, 5) is 28.2. The number of nitrogens with zero attached hydrogens (tertiary/aromatic N) is 1. The predicted molar refractivity (Wildman–Crippen MR) is 134 cm³/mol. The van der Waals surface area contributed by atoms with Gasteiger partial charge >= 0.3 is 0 Å². The topological polar surface area (TPSA) is 49.4 Å². The predicted octanol–water partition coefficient (Wildman–Crippen LogP) is 5.75. The third-order valence-corrected chi connectivity index (χ3v) is 7.17. The molecule has 0 aromatic heterocycles. The molecule has 1 N–H and O–H groups in total. The average molecular weight is 473 g/mol.